The Morgan fingerprint density at radius 2 is 2.55 bits per heavy atom. The molecule has 0 aliphatic heterocycles. The van der Waals surface area contributed by atoms with Crippen LogP contribution in [0.2, 0.25) is 0 Å². The van der Waals surface area contributed by atoms with E-state index in [0.717, 1.165) is 12.0 Å². The molecule has 11 heavy (non-hydrogen) atoms. The first-order valence-electron chi connectivity index (χ1n) is 3.47. The third kappa shape index (κ3) is 1.68. The first-order chi connectivity index (χ1) is 5.38. The highest BCUT2D eigenvalue weighted by molar-refractivity contribution is 5.46. The first kappa shape index (κ1) is 7.55. The molecule has 1 heterocycles. The van der Waals surface area contributed by atoms with E-state index in [9.17, 15) is 0 Å². The van der Waals surface area contributed by atoms with E-state index in [2.05, 4.69) is 10.3 Å². The highest BCUT2D eigenvalue weighted by Gasteiger charge is 1.97. The predicted octanol–water partition coefficient (Wildman–Crippen LogP) is 1.54. The molecule has 0 amide bonds. The van der Waals surface area contributed by atoms with Crippen LogP contribution in [0.5, 0.6) is 0 Å². The van der Waals surface area contributed by atoms with Crippen LogP contribution in [-0.4, -0.2) is 4.98 Å². The lowest BCUT2D eigenvalue weighted by molar-refractivity contribution is 1.11. The van der Waals surface area contributed by atoms with Gasteiger partial charge in [-0.2, -0.15) is 5.26 Å². The predicted molar refractivity (Wildman–Crippen MR) is 42.9 cm³/mol. The number of rotatable bonds is 2. The van der Waals surface area contributed by atoms with Crippen molar-refractivity contribution >= 4 is 5.82 Å². The molecule has 0 aliphatic carbocycles. The number of nitriles is 1. The van der Waals surface area contributed by atoms with Crippen LogP contribution in [-0.2, 0) is 6.42 Å². The van der Waals surface area contributed by atoms with E-state index in [1.807, 2.05) is 25.2 Å². The fraction of sp³-hybridized carbons (Fsp3) is 0.250. The molecule has 0 saturated carbocycles. The van der Waals surface area contributed by atoms with Crippen molar-refractivity contribution in [1.82, 2.24) is 4.98 Å². The van der Waals surface area contributed by atoms with Gasteiger partial charge in [-0.3, -0.25) is 5.32 Å². The van der Waals surface area contributed by atoms with Gasteiger partial charge >= 0.3 is 0 Å². The molecular weight excluding hydrogens is 138 g/mol. The molecule has 1 N–H and O–H groups in total. The normalized spacial score (nSPS) is 8.73. The highest BCUT2D eigenvalue weighted by atomic mass is 15.0. The van der Waals surface area contributed by atoms with Crippen molar-refractivity contribution in [3.05, 3.63) is 23.9 Å². The molecular formula is C8H9N3. The maximum absolute atomic E-state index is 8.34. The Morgan fingerprint density at radius 1 is 1.73 bits per heavy atom. The number of hydrogen-bond acceptors (Lipinski definition) is 3. The van der Waals surface area contributed by atoms with Crippen LogP contribution in [0.4, 0.5) is 5.82 Å². The molecule has 3 heteroatoms. The van der Waals surface area contributed by atoms with Gasteiger partial charge in [-0.1, -0.05) is 13.0 Å². The average molecular weight is 147 g/mol. The molecule has 0 unspecified atom stereocenters. The Kier molecular flexibility index (Phi) is 2.45. The number of aromatic nitrogens is 1. The number of hydrogen-bond donors (Lipinski definition) is 1. The zero-order valence-corrected chi connectivity index (χ0v) is 6.33. The van der Waals surface area contributed by atoms with Gasteiger partial charge in [0.05, 0.1) is 0 Å². The van der Waals surface area contributed by atoms with E-state index in [1.165, 1.54) is 0 Å². The summed E-state index contributed by atoms with van der Waals surface area (Å²) in [5, 5.41) is 10.9. The lowest BCUT2D eigenvalue weighted by Gasteiger charge is -2.01. The Labute approximate surface area is 65.7 Å². The number of nitrogens with zero attached hydrogens (tertiary/aromatic N) is 2. The van der Waals surface area contributed by atoms with Crippen molar-refractivity contribution in [2.75, 3.05) is 5.32 Å². The first-order valence-corrected chi connectivity index (χ1v) is 3.47. The van der Waals surface area contributed by atoms with Crippen molar-refractivity contribution < 1.29 is 0 Å². The van der Waals surface area contributed by atoms with Gasteiger partial charge in [0.1, 0.15) is 5.82 Å². The van der Waals surface area contributed by atoms with Crippen molar-refractivity contribution in [3.63, 3.8) is 0 Å². The van der Waals surface area contributed by atoms with Crippen molar-refractivity contribution in [2.24, 2.45) is 0 Å². The monoisotopic (exact) mass is 147 g/mol. The maximum atomic E-state index is 8.34. The second kappa shape index (κ2) is 3.57. The molecule has 0 aromatic carbocycles. The molecule has 1 rings (SSSR count). The van der Waals surface area contributed by atoms with Crippen LogP contribution in [0.3, 0.4) is 0 Å². The van der Waals surface area contributed by atoms with Crippen LogP contribution in [0, 0.1) is 11.5 Å². The SMILES string of the molecule is CCc1cccnc1NC#N. The highest BCUT2D eigenvalue weighted by Crippen LogP contribution is 2.10. The van der Waals surface area contributed by atoms with Crippen LogP contribution in [0.25, 0.3) is 0 Å². The molecule has 0 aliphatic rings. The zero-order valence-electron chi connectivity index (χ0n) is 6.33. The molecule has 0 fully saturated rings. The van der Waals surface area contributed by atoms with E-state index in [1.54, 1.807) is 6.20 Å². The van der Waals surface area contributed by atoms with Gasteiger partial charge < -0.3 is 0 Å². The van der Waals surface area contributed by atoms with Gasteiger partial charge in [0, 0.05) is 6.20 Å². The van der Waals surface area contributed by atoms with Gasteiger partial charge in [0.2, 0.25) is 0 Å². The van der Waals surface area contributed by atoms with Crippen LogP contribution in [0.15, 0.2) is 18.3 Å². The second-order valence-electron chi connectivity index (χ2n) is 2.10. The summed E-state index contributed by atoms with van der Waals surface area (Å²) in [6.45, 7) is 2.03. The fourth-order valence-electron chi connectivity index (χ4n) is 0.889. The standard InChI is InChI=1S/C8H9N3/c1-2-7-4-3-5-10-8(7)11-6-9/h3-5H,2H2,1H3,(H,10,11). The average Bonchev–Trinajstić information content (AvgIpc) is 2.06. The summed E-state index contributed by atoms with van der Waals surface area (Å²) < 4.78 is 0. The molecule has 0 atom stereocenters. The molecule has 0 bridgehead atoms. The molecule has 1 aromatic rings. The lowest BCUT2D eigenvalue weighted by atomic mass is 10.2. The Bertz CT molecular complexity index is 275. The van der Waals surface area contributed by atoms with Crippen molar-refractivity contribution in [3.8, 4) is 6.19 Å². The van der Waals surface area contributed by atoms with E-state index >= 15 is 0 Å². The summed E-state index contributed by atoms with van der Waals surface area (Å²) in [6.07, 6.45) is 4.40. The summed E-state index contributed by atoms with van der Waals surface area (Å²) in [4.78, 5) is 4.01. The minimum absolute atomic E-state index is 0.664. The van der Waals surface area contributed by atoms with E-state index in [-0.39, 0.29) is 0 Å². The molecule has 0 radical (unpaired) electrons. The summed E-state index contributed by atoms with van der Waals surface area (Å²) in [6, 6.07) is 3.81. The largest absolute Gasteiger partial charge is 0.277 e. The summed E-state index contributed by atoms with van der Waals surface area (Å²) >= 11 is 0. The Balaban J connectivity index is 2.94. The zero-order chi connectivity index (χ0) is 8.10. The summed E-state index contributed by atoms with van der Waals surface area (Å²) in [7, 11) is 0. The van der Waals surface area contributed by atoms with Gasteiger partial charge in [0.25, 0.3) is 0 Å². The van der Waals surface area contributed by atoms with E-state index in [4.69, 9.17) is 5.26 Å². The Hall–Kier alpha value is -1.56. The Morgan fingerprint density at radius 3 is 3.18 bits per heavy atom. The minimum Gasteiger partial charge on any atom is -0.277 e. The van der Waals surface area contributed by atoms with Crippen LogP contribution >= 0.6 is 0 Å². The summed E-state index contributed by atoms with van der Waals surface area (Å²) in [5.41, 5.74) is 1.06. The van der Waals surface area contributed by atoms with E-state index in [0.29, 0.717) is 5.82 Å². The van der Waals surface area contributed by atoms with E-state index < -0.39 is 0 Å². The minimum atomic E-state index is 0.664. The van der Waals surface area contributed by atoms with Crippen LogP contribution < -0.4 is 5.32 Å². The fourth-order valence-corrected chi connectivity index (χ4v) is 0.889. The van der Waals surface area contributed by atoms with Crippen molar-refractivity contribution in [2.45, 2.75) is 13.3 Å². The third-order valence-electron chi connectivity index (χ3n) is 1.45. The molecule has 0 spiro atoms. The van der Waals surface area contributed by atoms with Gasteiger partial charge in [0.15, 0.2) is 6.19 Å². The summed E-state index contributed by atoms with van der Waals surface area (Å²) in [5.74, 6) is 0.664. The van der Waals surface area contributed by atoms with Crippen LogP contribution in [0.1, 0.15) is 12.5 Å². The quantitative estimate of drug-likeness (QED) is 0.510. The topological polar surface area (TPSA) is 48.7 Å². The van der Waals surface area contributed by atoms with Gasteiger partial charge in [-0.25, -0.2) is 4.98 Å². The lowest BCUT2D eigenvalue weighted by Crippen LogP contribution is -1.95. The number of nitrogens with one attached hydrogen (secondary N) is 1. The molecule has 0 saturated heterocycles. The maximum Gasteiger partial charge on any atom is 0.182 e. The molecule has 56 valence electrons. The van der Waals surface area contributed by atoms with Crippen molar-refractivity contribution in [1.29, 1.82) is 5.26 Å². The van der Waals surface area contributed by atoms with Gasteiger partial charge in [-0.15, -0.1) is 0 Å². The number of aryl methyl sites for hydroxylation is 1. The number of anilines is 1. The number of pyridine rings is 1. The molecule has 1 aromatic heterocycles. The van der Waals surface area contributed by atoms with Gasteiger partial charge in [-0.05, 0) is 18.1 Å². The third-order valence-corrected chi connectivity index (χ3v) is 1.45. The molecule has 3 nitrogen and oxygen atoms in total. The second-order valence-corrected chi connectivity index (χ2v) is 2.10. The smallest absolute Gasteiger partial charge is 0.182 e.